The van der Waals surface area contributed by atoms with Crippen LogP contribution in [-0.2, 0) is 10.0 Å². The molecule has 1 aromatic carbocycles. The Morgan fingerprint density at radius 1 is 0.861 bits per heavy atom. The Balaban J connectivity index is 1.47. The van der Waals surface area contributed by atoms with Gasteiger partial charge >= 0.3 is 0 Å². The van der Waals surface area contributed by atoms with Gasteiger partial charge in [0.05, 0.1) is 4.90 Å². The first-order chi connectivity index (χ1) is 17.3. The second-order valence-corrected chi connectivity index (χ2v) is 9.94. The van der Waals surface area contributed by atoms with Gasteiger partial charge in [-0.2, -0.15) is 4.98 Å². The summed E-state index contributed by atoms with van der Waals surface area (Å²) in [6.45, 7) is 2.82. The van der Waals surface area contributed by atoms with Gasteiger partial charge in [0.25, 0.3) is 0 Å². The number of likely N-dealkylation sites (N-methyl/N-ethyl adjacent to an activating group) is 1. The fraction of sp³-hybridized carbons (Fsp3) is 0.208. The number of pyridine rings is 1. The first-order valence-corrected chi connectivity index (χ1v) is 12.7. The van der Waals surface area contributed by atoms with Gasteiger partial charge in [-0.15, -0.1) is 0 Å². The maximum Gasteiger partial charge on any atom is 0.240 e. The molecule has 0 aliphatic rings. The largest absolute Gasteiger partial charge is 0.325 e. The minimum atomic E-state index is -3.64. The number of sulfonamides is 1. The van der Waals surface area contributed by atoms with Crippen LogP contribution in [0.15, 0.2) is 71.9 Å². The van der Waals surface area contributed by atoms with Crippen LogP contribution in [0.2, 0.25) is 0 Å². The Morgan fingerprint density at radius 3 is 2.39 bits per heavy atom. The second-order valence-electron chi connectivity index (χ2n) is 8.17. The summed E-state index contributed by atoms with van der Waals surface area (Å²) in [6, 6.07) is 15.6. The molecule has 0 atom stereocenters. The van der Waals surface area contributed by atoms with Crippen LogP contribution in [0, 0.1) is 6.92 Å². The molecule has 0 fully saturated rings. The Kier molecular flexibility index (Phi) is 7.78. The van der Waals surface area contributed by atoms with E-state index in [-0.39, 0.29) is 4.90 Å². The fourth-order valence-electron chi connectivity index (χ4n) is 3.20. The molecule has 11 nitrogen and oxygen atoms in total. The SMILES string of the molecule is Cc1cccc(-c2nccc(Nc3ccnc(Nc4cccc(S(=O)(=O)NCCN(C)C)c4)n3)n2)n1. The number of aromatic nitrogens is 5. The summed E-state index contributed by atoms with van der Waals surface area (Å²) < 4.78 is 27.8. The van der Waals surface area contributed by atoms with E-state index >= 15 is 0 Å². The van der Waals surface area contributed by atoms with Gasteiger partial charge in [-0.05, 0) is 63.5 Å². The van der Waals surface area contributed by atoms with Crippen molar-refractivity contribution >= 4 is 33.3 Å². The Morgan fingerprint density at radius 2 is 1.61 bits per heavy atom. The van der Waals surface area contributed by atoms with Crippen molar-refractivity contribution < 1.29 is 8.42 Å². The van der Waals surface area contributed by atoms with Crippen LogP contribution in [-0.4, -0.2) is 65.4 Å². The lowest BCUT2D eigenvalue weighted by Gasteiger charge is -2.12. The molecule has 0 saturated carbocycles. The van der Waals surface area contributed by atoms with Gasteiger partial charge in [0.1, 0.15) is 17.3 Å². The van der Waals surface area contributed by atoms with Crippen LogP contribution in [0.1, 0.15) is 5.69 Å². The van der Waals surface area contributed by atoms with Crippen molar-refractivity contribution in [3.8, 4) is 11.5 Å². The number of nitrogens with zero attached hydrogens (tertiary/aromatic N) is 6. The summed E-state index contributed by atoms with van der Waals surface area (Å²) in [5.41, 5.74) is 2.09. The maximum absolute atomic E-state index is 12.6. The molecule has 3 aromatic heterocycles. The molecule has 0 aliphatic carbocycles. The van der Waals surface area contributed by atoms with Crippen molar-refractivity contribution in [2.75, 3.05) is 37.8 Å². The van der Waals surface area contributed by atoms with Gasteiger partial charge < -0.3 is 15.5 Å². The summed E-state index contributed by atoms with van der Waals surface area (Å²) in [4.78, 5) is 24.0. The highest BCUT2D eigenvalue weighted by Crippen LogP contribution is 2.21. The van der Waals surface area contributed by atoms with Crippen molar-refractivity contribution in [1.29, 1.82) is 0 Å². The van der Waals surface area contributed by atoms with E-state index in [1.807, 2.05) is 44.1 Å². The van der Waals surface area contributed by atoms with E-state index in [0.717, 1.165) is 5.69 Å². The summed E-state index contributed by atoms with van der Waals surface area (Å²) in [5.74, 6) is 1.84. The average molecular weight is 506 g/mol. The minimum absolute atomic E-state index is 0.152. The van der Waals surface area contributed by atoms with Crippen LogP contribution >= 0.6 is 0 Å². The smallest absolute Gasteiger partial charge is 0.240 e. The first-order valence-electron chi connectivity index (χ1n) is 11.2. The summed E-state index contributed by atoms with van der Waals surface area (Å²) in [6.07, 6.45) is 3.23. The Labute approximate surface area is 210 Å². The molecule has 0 amide bonds. The highest BCUT2D eigenvalue weighted by molar-refractivity contribution is 7.89. The van der Waals surface area contributed by atoms with Crippen LogP contribution in [0.25, 0.3) is 11.5 Å². The lowest BCUT2D eigenvalue weighted by Crippen LogP contribution is -2.31. The van der Waals surface area contributed by atoms with Crippen molar-refractivity contribution in [1.82, 2.24) is 34.5 Å². The third-order valence-electron chi connectivity index (χ3n) is 4.94. The molecule has 0 unspecified atom stereocenters. The molecule has 12 heteroatoms. The van der Waals surface area contributed by atoms with Crippen LogP contribution in [0.5, 0.6) is 0 Å². The number of hydrogen-bond acceptors (Lipinski definition) is 10. The van der Waals surface area contributed by atoms with Gasteiger partial charge in [-0.25, -0.2) is 33.1 Å². The highest BCUT2D eigenvalue weighted by atomic mass is 32.2. The van der Waals surface area contributed by atoms with Gasteiger partial charge in [-0.3, -0.25) is 0 Å². The highest BCUT2D eigenvalue weighted by Gasteiger charge is 2.14. The molecule has 3 N–H and O–H groups in total. The molecule has 3 heterocycles. The Bertz CT molecular complexity index is 1440. The van der Waals surface area contributed by atoms with Gasteiger partial charge in [-0.1, -0.05) is 12.1 Å². The summed E-state index contributed by atoms with van der Waals surface area (Å²) >= 11 is 0. The van der Waals surface area contributed by atoms with Crippen LogP contribution < -0.4 is 15.4 Å². The first kappa shape index (κ1) is 25.1. The quantitative estimate of drug-likeness (QED) is 0.295. The maximum atomic E-state index is 12.6. The van der Waals surface area contributed by atoms with Crippen molar-refractivity contribution in [3.63, 3.8) is 0 Å². The van der Waals surface area contributed by atoms with E-state index in [4.69, 9.17) is 0 Å². The zero-order chi connectivity index (χ0) is 25.5. The molecule has 4 aromatic rings. The predicted molar refractivity (Wildman–Crippen MR) is 139 cm³/mol. The number of anilines is 4. The normalized spacial score (nSPS) is 11.4. The Hall–Kier alpha value is -4.00. The molecule has 186 valence electrons. The van der Waals surface area contributed by atoms with Gasteiger partial charge in [0.15, 0.2) is 5.82 Å². The summed E-state index contributed by atoms with van der Waals surface area (Å²) in [5, 5.41) is 6.20. The monoisotopic (exact) mass is 505 g/mol. The van der Waals surface area contributed by atoms with E-state index in [1.165, 1.54) is 12.1 Å². The molecule has 4 rings (SSSR count). The van der Waals surface area contributed by atoms with Crippen LogP contribution in [0.4, 0.5) is 23.3 Å². The molecule has 0 spiro atoms. The molecule has 0 bridgehead atoms. The zero-order valence-electron chi connectivity index (χ0n) is 20.2. The number of rotatable bonds is 10. The fourth-order valence-corrected chi connectivity index (χ4v) is 4.26. The standard InChI is InChI=1S/C24H27N9O2S/c1-17-6-4-9-20(28-17)23-25-12-10-21(31-23)30-22-11-13-26-24(32-22)29-18-7-5-8-19(16-18)36(34,35)27-14-15-33(2)3/h4-13,16,27H,14-15H2,1-3H3,(H2,25,26,29,30,31,32). The van der Waals surface area contributed by atoms with Crippen molar-refractivity contribution in [2.24, 2.45) is 0 Å². The minimum Gasteiger partial charge on any atom is -0.325 e. The van der Waals surface area contributed by atoms with Crippen molar-refractivity contribution in [2.45, 2.75) is 11.8 Å². The van der Waals surface area contributed by atoms with Gasteiger partial charge in [0.2, 0.25) is 16.0 Å². The molecule has 36 heavy (non-hydrogen) atoms. The van der Waals surface area contributed by atoms with E-state index < -0.39 is 10.0 Å². The molecule has 0 aliphatic heterocycles. The number of aryl methyl sites for hydroxylation is 1. The topological polar surface area (TPSA) is 138 Å². The third-order valence-corrected chi connectivity index (χ3v) is 6.39. The predicted octanol–water partition coefficient (Wildman–Crippen LogP) is 2.96. The van der Waals surface area contributed by atoms with Crippen molar-refractivity contribution in [3.05, 3.63) is 72.7 Å². The lowest BCUT2D eigenvalue weighted by atomic mass is 10.3. The second kappa shape index (κ2) is 11.2. The molecular weight excluding hydrogens is 478 g/mol. The van der Waals surface area contributed by atoms with E-state index in [0.29, 0.717) is 47.9 Å². The van der Waals surface area contributed by atoms with E-state index in [9.17, 15) is 8.42 Å². The lowest BCUT2D eigenvalue weighted by molar-refractivity contribution is 0.412. The van der Waals surface area contributed by atoms with E-state index in [2.05, 4.69) is 40.3 Å². The third kappa shape index (κ3) is 6.78. The summed E-state index contributed by atoms with van der Waals surface area (Å²) in [7, 11) is 0.125. The molecule has 0 saturated heterocycles. The number of nitrogens with one attached hydrogen (secondary N) is 3. The average Bonchev–Trinajstić information content (AvgIpc) is 2.84. The van der Waals surface area contributed by atoms with Gasteiger partial charge in [0, 0.05) is 36.9 Å². The number of benzene rings is 1. The van der Waals surface area contributed by atoms with Crippen LogP contribution in [0.3, 0.4) is 0 Å². The zero-order valence-corrected chi connectivity index (χ0v) is 21.0. The molecular formula is C24H27N9O2S. The number of hydrogen-bond donors (Lipinski definition) is 3. The van der Waals surface area contributed by atoms with E-state index in [1.54, 1.807) is 36.7 Å². The molecule has 0 radical (unpaired) electrons.